The van der Waals surface area contributed by atoms with Gasteiger partial charge in [0.2, 0.25) is 0 Å². The Labute approximate surface area is 187 Å². The topological polar surface area (TPSA) is 118 Å². The number of hydrogen-bond donors (Lipinski definition) is 3. The Kier molecular flexibility index (Phi) is 6.78. The largest absolute Gasteiger partial charge is 0.491 e. The highest BCUT2D eigenvalue weighted by Crippen LogP contribution is 2.32. The van der Waals surface area contributed by atoms with Gasteiger partial charge in [-0.1, -0.05) is 18.2 Å². The minimum absolute atomic E-state index is 0.0353. The molecule has 0 saturated carbocycles. The number of aromatic nitrogens is 1. The number of nitrogens with two attached hydrogens (primary N) is 1. The SMILES string of the molecule is NCCCNc1cc(N2CCS(=O)(=O)c3ccccc3C2)nc2ccc(OCCO)cc12. The summed E-state index contributed by atoms with van der Waals surface area (Å²) in [5.74, 6) is 1.40. The van der Waals surface area contributed by atoms with Gasteiger partial charge in [0.05, 0.1) is 22.8 Å². The van der Waals surface area contributed by atoms with Crippen molar-refractivity contribution >= 4 is 32.2 Å². The van der Waals surface area contributed by atoms with Crippen molar-refractivity contribution in [2.45, 2.75) is 17.9 Å². The Balaban J connectivity index is 1.73. The van der Waals surface area contributed by atoms with Crippen molar-refractivity contribution in [1.29, 1.82) is 0 Å². The summed E-state index contributed by atoms with van der Waals surface area (Å²) < 4.78 is 31.1. The lowest BCUT2D eigenvalue weighted by Crippen LogP contribution is -2.26. The number of nitrogens with zero attached hydrogens (tertiary/aromatic N) is 2. The summed E-state index contributed by atoms with van der Waals surface area (Å²) in [6.07, 6.45) is 0.815. The number of anilines is 2. The smallest absolute Gasteiger partial charge is 0.180 e. The molecule has 0 saturated heterocycles. The van der Waals surface area contributed by atoms with Crippen LogP contribution in [0.15, 0.2) is 53.4 Å². The van der Waals surface area contributed by atoms with E-state index in [1.165, 1.54) is 0 Å². The molecular formula is C23H28N4O4S. The number of aliphatic hydroxyl groups is 1. The number of rotatable bonds is 8. The maximum absolute atomic E-state index is 12.7. The van der Waals surface area contributed by atoms with Crippen LogP contribution in [-0.2, 0) is 16.4 Å². The zero-order valence-corrected chi connectivity index (χ0v) is 18.6. The maximum Gasteiger partial charge on any atom is 0.180 e. The predicted molar refractivity (Wildman–Crippen MR) is 126 cm³/mol. The second-order valence-electron chi connectivity index (χ2n) is 7.70. The number of sulfone groups is 1. The molecule has 0 aliphatic carbocycles. The van der Waals surface area contributed by atoms with Crippen LogP contribution in [0.25, 0.3) is 10.9 Å². The standard InChI is InChI=1S/C23H28N4O4S/c24-8-3-9-25-21-15-23(26-20-7-6-18(14-19(20)21)31-12-11-28)27-10-13-32(29,30)22-5-2-1-4-17(22)16-27/h1-2,4-7,14-15,28H,3,8-13,16,24H2,(H,25,26). The third kappa shape index (κ3) is 4.79. The third-order valence-corrected chi connectivity index (χ3v) is 7.23. The minimum Gasteiger partial charge on any atom is -0.491 e. The van der Waals surface area contributed by atoms with Gasteiger partial charge in [0.1, 0.15) is 18.2 Å². The third-order valence-electron chi connectivity index (χ3n) is 5.45. The van der Waals surface area contributed by atoms with Crippen LogP contribution in [0, 0.1) is 0 Å². The molecular weight excluding hydrogens is 428 g/mol. The zero-order valence-electron chi connectivity index (χ0n) is 17.8. The number of ether oxygens (including phenoxy) is 1. The van der Waals surface area contributed by atoms with Crippen molar-refractivity contribution in [2.75, 3.05) is 48.8 Å². The lowest BCUT2D eigenvalue weighted by molar-refractivity contribution is 0.201. The highest BCUT2D eigenvalue weighted by Gasteiger charge is 2.26. The maximum atomic E-state index is 12.7. The van der Waals surface area contributed by atoms with Gasteiger partial charge in [-0.25, -0.2) is 13.4 Å². The van der Waals surface area contributed by atoms with E-state index in [-0.39, 0.29) is 19.0 Å². The average molecular weight is 457 g/mol. The first-order valence-electron chi connectivity index (χ1n) is 10.7. The van der Waals surface area contributed by atoms with Gasteiger partial charge < -0.3 is 25.8 Å². The van der Waals surface area contributed by atoms with Gasteiger partial charge in [0.25, 0.3) is 0 Å². The van der Waals surface area contributed by atoms with E-state index in [1.807, 2.05) is 41.3 Å². The van der Waals surface area contributed by atoms with E-state index in [0.717, 1.165) is 28.6 Å². The summed E-state index contributed by atoms with van der Waals surface area (Å²) in [4.78, 5) is 7.24. The van der Waals surface area contributed by atoms with Crippen LogP contribution in [0.5, 0.6) is 5.75 Å². The average Bonchev–Trinajstić information content (AvgIpc) is 2.93. The fourth-order valence-corrected chi connectivity index (χ4v) is 5.33. The molecule has 1 aromatic heterocycles. The molecule has 4 N–H and O–H groups in total. The second-order valence-corrected chi connectivity index (χ2v) is 9.77. The molecule has 170 valence electrons. The van der Waals surface area contributed by atoms with E-state index >= 15 is 0 Å². The van der Waals surface area contributed by atoms with E-state index < -0.39 is 9.84 Å². The number of benzene rings is 2. The van der Waals surface area contributed by atoms with Crippen LogP contribution in [-0.4, -0.2) is 57.1 Å². The highest BCUT2D eigenvalue weighted by atomic mass is 32.2. The summed E-state index contributed by atoms with van der Waals surface area (Å²) in [7, 11) is -3.34. The fourth-order valence-electron chi connectivity index (χ4n) is 3.84. The van der Waals surface area contributed by atoms with E-state index in [2.05, 4.69) is 5.32 Å². The Hall–Kier alpha value is -2.88. The lowest BCUT2D eigenvalue weighted by Gasteiger charge is -2.23. The molecule has 0 fully saturated rings. The molecule has 0 atom stereocenters. The van der Waals surface area contributed by atoms with E-state index in [0.29, 0.717) is 42.6 Å². The summed E-state index contributed by atoms with van der Waals surface area (Å²) in [6.45, 7) is 2.26. The van der Waals surface area contributed by atoms with Gasteiger partial charge in [0.15, 0.2) is 9.84 Å². The molecule has 32 heavy (non-hydrogen) atoms. The van der Waals surface area contributed by atoms with Crippen LogP contribution >= 0.6 is 0 Å². The number of pyridine rings is 1. The number of aliphatic hydroxyl groups excluding tert-OH is 1. The second kappa shape index (κ2) is 9.72. The first kappa shape index (κ1) is 22.3. The molecule has 3 aromatic rings. The fraction of sp³-hybridized carbons (Fsp3) is 0.348. The van der Waals surface area contributed by atoms with Gasteiger partial charge in [0, 0.05) is 36.8 Å². The molecule has 1 aliphatic rings. The Bertz CT molecular complexity index is 1200. The molecule has 0 unspecified atom stereocenters. The summed E-state index contributed by atoms with van der Waals surface area (Å²) in [5, 5.41) is 13.4. The number of hydrogen-bond acceptors (Lipinski definition) is 8. The lowest BCUT2D eigenvalue weighted by atomic mass is 10.1. The zero-order chi connectivity index (χ0) is 22.6. The van der Waals surface area contributed by atoms with Gasteiger partial charge >= 0.3 is 0 Å². The summed E-state index contributed by atoms with van der Waals surface area (Å²) in [5.41, 5.74) is 8.09. The molecule has 0 radical (unpaired) electrons. The van der Waals surface area contributed by atoms with Crippen molar-refractivity contribution in [1.82, 2.24) is 4.98 Å². The minimum atomic E-state index is -3.34. The van der Waals surface area contributed by atoms with Crippen molar-refractivity contribution < 1.29 is 18.3 Å². The molecule has 8 nitrogen and oxygen atoms in total. The highest BCUT2D eigenvalue weighted by molar-refractivity contribution is 7.91. The summed E-state index contributed by atoms with van der Waals surface area (Å²) in [6, 6.07) is 14.7. The van der Waals surface area contributed by atoms with E-state index in [1.54, 1.807) is 12.1 Å². The van der Waals surface area contributed by atoms with Gasteiger partial charge in [-0.2, -0.15) is 0 Å². The van der Waals surface area contributed by atoms with Crippen LogP contribution in [0.1, 0.15) is 12.0 Å². The summed E-state index contributed by atoms with van der Waals surface area (Å²) >= 11 is 0. The first-order valence-corrected chi connectivity index (χ1v) is 12.3. The molecule has 2 heterocycles. The first-order chi connectivity index (χ1) is 15.5. The number of fused-ring (bicyclic) bond motifs is 2. The van der Waals surface area contributed by atoms with Crippen LogP contribution < -0.4 is 20.7 Å². The number of nitrogens with one attached hydrogen (secondary N) is 1. The Morgan fingerprint density at radius 3 is 2.84 bits per heavy atom. The molecule has 9 heteroatoms. The van der Waals surface area contributed by atoms with Crippen molar-refractivity contribution in [2.24, 2.45) is 5.73 Å². The molecule has 2 aromatic carbocycles. The van der Waals surface area contributed by atoms with E-state index in [4.69, 9.17) is 20.6 Å². The van der Waals surface area contributed by atoms with Crippen LogP contribution in [0.2, 0.25) is 0 Å². The predicted octanol–water partition coefficient (Wildman–Crippen LogP) is 2.16. The van der Waals surface area contributed by atoms with E-state index in [9.17, 15) is 8.42 Å². The molecule has 0 amide bonds. The van der Waals surface area contributed by atoms with Gasteiger partial charge in [-0.3, -0.25) is 0 Å². The Morgan fingerprint density at radius 1 is 1.19 bits per heavy atom. The molecule has 4 rings (SSSR count). The van der Waals surface area contributed by atoms with Crippen molar-refractivity contribution in [3.05, 3.63) is 54.1 Å². The Morgan fingerprint density at radius 2 is 2.03 bits per heavy atom. The quantitative estimate of drug-likeness (QED) is 0.442. The van der Waals surface area contributed by atoms with Crippen molar-refractivity contribution in [3.63, 3.8) is 0 Å². The van der Waals surface area contributed by atoms with Crippen LogP contribution in [0.4, 0.5) is 11.5 Å². The molecule has 0 spiro atoms. The normalized spacial score (nSPS) is 15.2. The van der Waals surface area contributed by atoms with Crippen molar-refractivity contribution in [3.8, 4) is 5.75 Å². The van der Waals surface area contributed by atoms with Gasteiger partial charge in [-0.05, 0) is 42.8 Å². The monoisotopic (exact) mass is 456 g/mol. The molecule has 0 bridgehead atoms. The van der Waals surface area contributed by atoms with Crippen LogP contribution in [0.3, 0.4) is 0 Å². The van der Waals surface area contributed by atoms with Gasteiger partial charge in [-0.15, -0.1) is 0 Å². The molecule has 1 aliphatic heterocycles.